The lowest BCUT2D eigenvalue weighted by Crippen LogP contribution is -2.41. The number of sulfone groups is 1. The van der Waals surface area contributed by atoms with Crippen molar-refractivity contribution in [3.8, 4) is 0 Å². The van der Waals surface area contributed by atoms with E-state index >= 15 is 0 Å². The first kappa shape index (κ1) is 15.5. The van der Waals surface area contributed by atoms with Crippen LogP contribution in [0.3, 0.4) is 0 Å². The number of benzene rings is 1. The molecule has 112 valence electrons. The molecule has 20 heavy (non-hydrogen) atoms. The number of nitrogens with one attached hydrogen (secondary N) is 1. The fourth-order valence-corrected chi connectivity index (χ4v) is 5.20. The second-order valence-corrected chi connectivity index (χ2v) is 7.87. The average molecular weight is 295 g/mol. The van der Waals surface area contributed by atoms with Crippen molar-refractivity contribution in [3.63, 3.8) is 0 Å². The Morgan fingerprint density at radius 1 is 1.25 bits per heavy atom. The lowest BCUT2D eigenvalue weighted by atomic mass is 9.87. The van der Waals surface area contributed by atoms with Gasteiger partial charge in [0.15, 0.2) is 9.84 Å². The number of fused-ring (bicyclic) bond motifs is 1. The third kappa shape index (κ3) is 3.23. The highest BCUT2D eigenvalue weighted by atomic mass is 32.2. The van der Waals surface area contributed by atoms with Gasteiger partial charge >= 0.3 is 0 Å². The predicted octanol–water partition coefficient (Wildman–Crippen LogP) is 2.87. The van der Waals surface area contributed by atoms with E-state index in [0.717, 1.165) is 32.2 Å². The molecule has 1 aliphatic rings. The van der Waals surface area contributed by atoms with Crippen LogP contribution in [0.25, 0.3) is 0 Å². The first-order valence-electron chi connectivity index (χ1n) is 7.63. The molecule has 3 nitrogen and oxygen atoms in total. The van der Waals surface area contributed by atoms with Gasteiger partial charge in [-0.05, 0) is 36.9 Å². The van der Waals surface area contributed by atoms with Crippen LogP contribution in [0.4, 0.5) is 0 Å². The second-order valence-electron chi connectivity index (χ2n) is 5.53. The Bertz CT molecular complexity index is 539. The molecule has 1 aromatic rings. The van der Waals surface area contributed by atoms with E-state index in [9.17, 15) is 8.42 Å². The van der Waals surface area contributed by atoms with E-state index in [4.69, 9.17) is 0 Å². The summed E-state index contributed by atoms with van der Waals surface area (Å²) < 4.78 is 25.2. The topological polar surface area (TPSA) is 46.2 Å². The van der Waals surface area contributed by atoms with Gasteiger partial charge < -0.3 is 5.32 Å². The Labute approximate surface area is 122 Å². The molecular formula is C16H25NO2S. The molecule has 0 bridgehead atoms. The van der Waals surface area contributed by atoms with Gasteiger partial charge in [0.05, 0.1) is 11.0 Å². The van der Waals surface area contributed by atoms with Crippen LogP contribution >= 0.6 is 0 Å². The van der Waals surface area contributed by atoms with Gasteiger partial charge in [0.1, 0.15) is 0 Å². The predicted molar refractivity (Wildman–Crippen MR) is 83.7 cm³/mol. The van der Waals surface area contributed by atoms with Crippen LogP contribution < -0.4 is 5.32 Å². The summed E-state index contributed by atoms with van der Waals surface area (Å²) in [4.78, 5) is 0. The Hall–Kier alpha value is -0.870. The molecule has 0 saturated carbocycles. The highest BCUT2D eigenvalue weighted by Crippen LogP contribution is 2.34. The minimum Gasteiger partial charge on any atom is -0.309 e. The maximum absolute atomic E-state index is 12.6. The molecule has 4 heteroatoms. The van der Waals surface area contributed by atoms with Gasteiger partial charge in [-0.15, -0.1) is 0 Å². The molecule has 0 saturated heterocycles. The van der Waals surface area contributed by atoms with E-state index in [1.54, 1.807) is 0 Å². The third-order valence-electron chi connectivity index (χ3n) is 4.13. The summed E-state index contributed by atoms with van der Waals surface area (Å²) in [6, 6.07) is 8.18. The number of hydrogen-bond donors (Lipinski definition) is 1. The standard InChI is InChI=1S/C16H25NO2S/c1-3-5-12-20(18,19)15-11-10-13-8-6-7-9-14(13)16(15)17-4-2/h6-9,15-17H,3-5,10-12H2,1-2H3. The molecule has 2 unspecified atom stereocenters. The Morgan fingerprint density at radius 2 is 2.00 bits per heavy atom. The van der Waals surface area contributed by atoms with E-state index in [1.807, 2.05) is 26.0 Å². The van der Waals surface area contributed by atoms with Crippen molar-refractivity contribution < 1.29 is 8.42 Å². The molecular weight excluding hydrogens is 270 g/mol. The van der Waals surface area contributed by atoms with Crippen LogP contribution in [-0.2, 0) is 16.3 Å². The molecule has 0 radical (unpaired) electrons. The zero-order valence-corrected chi connectivity index (χ0v) is 13.2. The summed E-state index contributed by atoms with van der Waals surface area (Å²) in [7, 11) is -3.02. The van der Waals surface area contributed by atoms with Crippen molar-refractivity contribution in [2.75, 3.05) is 12.3 Å². The number of rotatable bonds is 6. The number of aryl methyl sites for hydroxylation is 1. The third-order valence-corrected chi connectivity index (χ3v) is 6.42. The Balaban J connectivity index is 2.30. The first-order valence-corrected chi connectivity index (χ1v) is 9.34. The highest BCUT2D eigenvalue weighted by molar-refractivity contribution is 7.92. The molecule has 0 spiro atoms. The van der Waals surface area contributed by atoms with E-state index in [2.05, 4.69) is 17.4 Å². The SMILES string of the molecule is CCCCS(=O)(=O)C1CCc2ccccc2C1NCC. The van der Waals surface area contributed by atoms with Gasteiger partial charge in [-0.25, -0.2) is 8.42 Å². The van der Waals surface area contributed by atoms with Crippen LogP contribution in [-0.4, -0.2) is 26.0 Å². The largest absolute Gasteiger partial charge is 0.309 e. The van der Waals surface area contributed by atoms with Crippen molar-refractivity contribution >= 4 is 9.84 Å². The van der Waals surface area contributed by atoms with Gasteiger partial charge in [0, 0.05) is 6.04 Å². The fourth-order valence-electron chi connectivity index (χ4n) is 3.08. The van der Waals surface area contributed by atoms with Gasteiger partial charge in [0.25, 0.3) is 0 Å². The molecule has 0 aliphatic heterocycles. The van der Waals surface area contributed by atoms with Crippen LogP contribution in [0.1, 0.15) is 50.3 Å². The minimum absolute atomic E-state index is 0.0493. The summed E-state index contributed by atoms with van der Waals surface area (Å²) in [5, 5.41) is 3.12. The smallest absolute Gasteiger partial charge is 0.155 e. The van der Waals surface area contributed by atoms with Crippen LogP contribution in [0.5, 0.6) is 0 Å². The van der Waals surface area contributed by atoms with E-state index in [0.29, 0.717) is 5.75 Å². The quantitative estimate of drug-likeness (QED) is 0.878. The van der Waals surface area contributed by atoms with Crippen molar-refractivity contribution in [1.82, 2.24) is 5.32 Å². The fraction of sp³-hybridized carbons (Fsp3) is 0.625. The maximum Gasteiger partial charge on any atom is 0.155 e. The maximum atomic E-state index is 12.6. The lowest BCUT2D eigenvalue weighted by molar-refractivity contribution is 0.456. The van der Waals surface area contributed by atoms with Gasteiger partial charge in [-0.1, -0.05) is 44.5 Å². The Morgan fingerprint density at radius 3 is 2.70 bits per heavy atom. The Kier molecular flexibility index (Phi) is 5.22. The zero-order valence-electron chi connectivity index (χ0n) is 12.4. The molecule has 1 N–H and O–H groups in total. The first-order chi connectivity index (χ1) is 9.60. The zero-order chi connectivity index (χ0) is 14.6. The molecule has 2 atom stereocenters. The summed E-state index contributed by atoms with van der Waals surface area (Å²) in [5.41, 5.74) is 2.46. The van der Waals surface area contributed by atoms with Crippen molar-refractivity contribution in [3.05, 3.63) is 35.4 Å². The van der Waals surface area contributed by atoms with E-state index in [1.165, 1.54) is 11.1 Å². The van der Waals surface area contributed by atoms with Gasteiger partial charge in [0.2, 0.25) is 0 Å². The normalized spacial score (nSPS) is 22.5. The number of unbranched alkanes of at least 4 members (excludes halogenated alkanes) is 1. The van der Waals surface area contributed by atoms with Crippen molar-refractivity contribution in [2.45, 2.75) is 50.8 Å². The highest BCUT2D eigenvalue weighted by Gasteiger charge is 2.37. The summed E-state index contributed by atoms with van der Waals surface area (Å²) in [6.45, 7) is 4.86. The molecule has 0 heterocycles. The van der Waals surface area contributed by atoms with Gasteiger partial charge in [-0.3, -0.25) is 0 Å². The molecule has 0 amide bonds. The molecule has 1 aliphatic carbocycles. The van der Waals surface area contributed by atoms with E-state index in [-0.39, 0.29) is 11.3 Å². The lowest BCUT2D eigenvalue weighted by Gasteiger charge is -2.33. The molecule has 2 rings (SSSR count). The number of hydrogen-bond acceptors (Lipinski definition) is 3. The van der Waals surface area contributed by atoms with Crippen LogP contribution in [0, 0.1) is 0 Å². The van der Waals surface area contributed by atoms with E-state index < -0.39 is 9.84 Å². The summed E-state index contributed by atoms with van der Waals surface area (Å²) >= 11 is 0. The van der Waals surface area contributed by atoms with Crippen LogP contribution in [0.15, 0.2) is 24.3 Å². The average Bonchev–Trinajstić information content (AvgIpc) is 2.45. The van der Waals surface area contributed by atoms with Crippen molar-refractivity contribution in [2.24, 2.45) is 0 Å². The van der Waals surface area contributed by atoms with Gasteiger partial charge in [-0.2, -0.15) is 0 Å². The molecule has 1 aromatic carbocycles. The summed E-state index contributed by atoms with van der Waals surface area (Å²) in [6.07, 6.45) is 3.29. The molecule has 0 fully saturated rings. The van der Waals surface area contributed by atoms with Crippen molar-refractivity contribution in [1.29, 1.82) is 0 Å². The summed E-state index contributed by atoms with van der Waals surface area (Å²) in [5.74, 6) is 0.318. The second kappa shape index (κ2) is 6.72. The molecule has 0 aromatic heterocycles. The van der Waals surface area contributed by atoms with Crippen LogP contribution in [0.2, 0.25) is 0 Å². The minimum atomic E-state index is -3.02. The monoisotopic (exact) mass is 295 g/mol.